The molecule has 4 heteroatoms. The predicted octanol–water partition coefficient (Wildman–Crippen LogP) is 0.574. The highest BCUT2D eigenvalue weighted by Crippen LogP contribution is 2.15. The molecule has 86 valence electrons. The molecule has 1 heterocycles. The molecular weight excluding hydrogens is 192 g/mol. The predicted molar refractivity (Wildman–Crippen MR) is 59.4 cm³/mol. The van der Waals surface area contributed by atoms with Crippen molar-refractivity contribution < 1.29 is 9.53 Å². The van der Waals surface area contributed by atoms with Crippen LogP contribution in [0.15, 0.2) is 12.7 Å². The summed E-state index contributed by atoms with van der Waals surface area (Å²) in [6, 6.07) is -0.456. The second-order valence-corrected chi connectivity index (χ2v) is 3.98. The number of carbonyl (C=O) groups is 1. The lowest BCUT2D eigenvalue weighted by Gasteiger charge is -2.21. The van der Waals surface area contributed by atoms with E-state index in [0.717, 1.165) is 19.4 Å². The van der Waals surface area contributed by atoms with Crippen molar-refractivity contribution in [2.75, 3.05) is 6.61 Å². The van der Waals surface area contributed by atoms with Crippen LogP contribution in [-0.2, 0) is 9.53 Å². The maximum Gasteiger partial charge on any atom is 0.237 e. The van der Waals surface area contributed by atoms with Crippen LogP contribution in [0.1, 0.15) is 26.2 Å². The second kappa shape index (κ2) is 5.88. The minimum absolute atomic E-state index is 0.0378. The molecule has 1 amide bonds. The second-order valence-electron chi connectivity index (χ2n) is 3.98. The number of rotatable bonds is 5. The first kappa shape index (κ1) is 12.2. The smallest absolute Gasteiger partial charge is 0.237 e. The molecule has 1 rings (SSSR count). The molecule has 1 aliphatic heterocycles. The van der Waals surface area contributed by atoms with Gasteiger partial charge in [0.25, 0.3) is 0 Å². The summed E-state index contributed by atoms with van der Waals surface area (Å²) in [5, 5.41) is 2.87. The first-order chi connectivity index (χ1) is 7.15. The number of nitrogens with one attached hydrogen (secondary N) is 1. The average molecular weight is 212 g/mol. The third kappa shape index (κ3) is 3.64. The molecule has 1 aliphatic rings. The van der Waals surface area contributed by atoms with Crippen LogP contribution in [0, 0.1) is 0 Å². The van der Waals surface area contributed by atoms with Crippen LogP contribution in [0.4, 0.5) is 0 Å². The van der Waals surface area contributed by atoms with Gasteiger partial charge in [-0.05, 0) is 26.2 Å². The summed E-state index contributed by atoms with van der Waals surface area (Å²) >= 11 is 0. The van der Waals surface area contributed by atoms with Crippen LogP contribution in [0.3, 0.4) is 0 Å². The van der Waals surface area contributed by atoms with E-state index >= 15 is 0 Å². The molecule has 0 saturated carbocycles. The topological polar surface area (TPSA) is 64.4 Å². The van der Waals surface area contributed by atoms with E-state index in [1.54, 1.807) is 6.08 Å². The van der Waals surface area contributed by atoms with Crippen molar-refractivity contribution in [3.63, 3.8) is 0 Å². The zero-order chi connectivity index (χ0) is 11.3. The van der Waals surface area contributed by atoms with Gasteiger partial charge in [0.05, 0.1) is 18.2 Å². The maximum atomic E-state index is 11.6. The molecule has 15 heavy (non-hydrogen) atoms. The molecule has 3 N–H and O–H groups in total. The third-order valence-corrected chi connectivity index (χ3v) is 2.65. The zero-order valence-corrected chi connectivity index (χ0v) is 9.24. The molecule has 0 bridgehead atoms. The highest BCUT2D eigenvalue weighted by atomic mass is 16.5. The van der Waals surface area contributed by atoms with Gasteiger partial charge in [-0.25, -0.2) is 0 Å². The van der Waals surface area contributed by atoms with Crippen molar-refractivity contribution in [3.05, 3.63) is 12.7 Å². The van der Waals surface area contributed by atoms with E-state index in [1.165, 1.54) is 0 Å². The van der Waals surface area contributed by atoms with E-state index in [1.807, 2.05) is 6.92 Å². The van der Waals surface area contributed by atoms with Gasteiger partial charge in [0.2, 0.25) is 5.91 Å². The lowest BCUT2D eigenvalue weighted by molar-refractivity contribution is -0.123. The Hall–Kier alpha value is -0.870. The van der Waals surface area contributed by atoms with Gasteiger partial charge in [-0.1, -0.05) is 6.08 Å². The quantitative estimate of drug-likeness (QED) is 0.655. The normalized spacial score (nSPS) is 24.5. The number of amides is 1. The van der Waals surface area contributed by atoms with E-state index in [9.17, 15) is 4.79 Å². The molecular formula is C11H20N2O2. The van der Waals surface area contributed by atoms with Gasteiger partial charge < -0.3 is 15.8 Å². The van der Waals surface area contributed by atoms with Crippen LogP contribution in [0.25, 0.3) is 0 Å². The fourth-order valence-electron chi connectivity index (χ4n) is 1.71. The minimum atomic E-state index is -0.494. The number of hydrogen-bond acceptors (Lipinski definition) is 3. The number of hydrogen-bond donors (Lipinski definition) is 2. The Morgan fingerprint density at radius 2 is 2.53 bits per heavy atom. The summed E-state index contributed by atoms with van der Waals surface area (Å²) in [7, 11) is 0. The molecule has 1 saturated heterocycles. The van der Waals surface area contributed by atoms with Crippen LogP contribution < -0.4 is 11.1 Å². The number of carbonyl (C=O) groups excluding carboxylic acids is 1. The molecule has 0 aromatic rings. The Bertz CT molecular complexity index is 225. The average Bonchev–Trinajstić information content (AvgIpc) is 2.70. The molecule has 4 nitrogen and oxygen atoms in total. The largest absolute Gasteiger partial charge is 0.376 e. The van der Waals surface area contributed by atoms with Crippen molar-refractivity contribution in [2.45, 2.75) is 44.4 Å². The standard InChI is InChI=1S/C11H20N2O2/c1-3-5-9(12)11(14)13-8(2)10-6-4-7-15-10/h3,8-10H,1,4-7,12H2,2H3,(H,13,14). The van der Waals surface area contributed by atoms with Crippen molar-refractivity contribution in [3.8, 4) is 0 Å². The summed E-state index contributed by atoms with van der Waals surface area (Å²) in [6.45, 7) is 6.30. The molecule has 3 atom stereocenters. The summed E-state index contributed by atoms with van der Waals surface area (Å²) < 4.78 is 5.48. The van der Waals surface area contributed by atoms with Crippen molar-refractivity contribution in [1.29, 1.82) is 0 Å². The van der Waals surface area contributed by atoms with Crippen LogP contribution in [-0.4, -0.2) is 30.7 Å². The van der Waals surface area contributed by atoms with E-state index in [-0.39, 0.29) is 18.1 Å². The van der Waals surface area contributed by atoms with Crippen molar-refractivity contribution in [1.82, 2.24) is 5.32 Å². The molecule has 1 fully saturated rings. The number of ether oxygens (including phenoxy) is 1. The molecule has 0 radical (unpaired) electrons. The van der Waals surface area contributed by atoms with E-state index in [4.69, 9.17) is 10.5 Å². The zero-order valence-electron chi connectivity index (χ0n) is 9.24. The Kier molecular flexibility index (Phi) is 4.78. The molecule has 0 aromatic carbocycles. The van der Waals surface area contributed by atoms with Gasteiger partial charge in [0.15, 0.2) is 0 Å². The van der Waals surface area contributed by atoms with E-state index in [0.29, 0.717) is 6.42 Å². The Labute approximate surface area is 90.9 Å². The fourth-order valence-corrected chi connectivity index (χ4v) is 1.71. The van der Waals surface area contributed by atoms with Gasteiger partial charge in [0, 0.05) is 6.61 Å². The van der Waals surface area contributed by atoms with Crippen molar-refractivity contribution >= 4 is 5.91 Å². The lowest BCUT2D eigenvalue weighted by atomic mass is 10.1. The Balaban J connectivity index is 2.32. The Morgan fingerprint density at radius 1 is 1.80 bits per heavy atom. The summed E-state index contributed by atoms with van der Waals surface area (Å²) in [5.41, 5.74) is 5.65. The maximum absolute atomic E-state index is 11.6. The highest BCUT2D eigenvalue weighted by molar-refractivity contribution is 5.81. The van der Waals surface area contributed by atoms with Gasteiger partial charge in [-0.15, -0.1) is 6.58 Å². The monoisotopic (exact) mass is 212 g/mol. The summed E-state index contributed by atoms with van der Waals surface area (Å²) in [4.78, 5) is 11.6. The van der Waals surface area contributed by atoms with Gasteiger partial charge in [-0.2, -0.15) is 0 Å². The SMILES string of the molecule is C=CCC(N)C(=O)NC(C)C1CCCO1. The summed E-state index contributed by atoms with van der Waals surface area (Å²) in [6.07, 6.45) is 4.39. The van der Waals surface area contributed by atoms with Crippen LogP contribution in [0.5, 0.6) is 0 Å². The van der Waals surface area contributed by atoms with Gasteiger partial charge in [0.1, 0.15) is 0 Å². The van der Waals surface area contributed by atoms with E-state index in [2.05, 4.69) is 11.9 Å². The fraction of sp³-hybridized carbons (Fsp3) is 0.727. The van der Waals surface area contributed by atoms with Gasteiger partial charge in [-0.3, -0.25) is 4.79 Å². The van der Waals surface area contributed by atoms with E-state index < -0.39 is 6.04 Å². The highest BCUT2D eigenvalue weighted by Gasteiger charge is 2.24. The van der Waals surface area contributed by atoms with Crippen molar-refractivity contribution in [2.24, 2.45) is 5.73 Å². The van der Waals surface area contributed by atoms with Gasteiger partial charge >= 0.3 is 0 Å². The first-order valence-electron chi connectivity index (χ1n) is 5.43. The molecule has 0 spiro atoms. The number of nitrogens with two attached hydrogens (primary N) is 1. The summed E-state index contributed by atoms with van der Waals surface area (Å²) in [5.74, 6) is -0.127. The molecule has 0 aromatic heterocycles. The molecule has 0 aliphatic carbocycles. The first-order valence-corrected chi connectivity index (χ1v) is 5.43. The Morgan fingerprint density at radius 3 is 3.07 bits per heavy atom. The minimum Gasteiger partial charge on any atom is -0.376 e. The lowest BCUT2D eigenvalue weighted by Crippen LogP contribution is -2.48. The third-order valence-electron chi connectivity index (χ3n) is 2.65. The van der Waals surface area contributed by atoms with Crippen LogP contribution in [0.2, 0.25) is 0 Å². The van der Waals surface area contributed by atoms with Crippen LogP contribution >= 0.6 is 0 Å². The molecule has 3 unspecified atom stereocenters.